The van der Waals surface area contributed by atoms with Crippen LogP contribution < -0.4 is 15.7 Å². The second-order valence-electron chi connectivity index (χ2n) is 21.8. The third kappa shape index (κ3) is 4.82. The van der Waals surface area contributed by atoms with Gasteiger partial charge in [-0.15, -0.1) is 0 Å². The second-order valence-corrected chi connectivity index (χ2v) is 21.8. The monoisotopic (exact) mass is 792 g/mol. The molecule has 0 saturated heterocycles. The first-order valence-corrected chi connectivity index (χ1v) is 22.2. The van der Waals surface area contributed by atoms with Gasteiger partial charge in [-0.1, -0.05) is 149 Å². The average Bonchev–Trinajstić information content (AvgIpc) is 3.84. The van der Waals surface area contributed by atoms with Crippen molar-refractivity contribution in [3.05, 3.63) is 149 Å². The maximum Gasteiger partial charge on any atom is 0.333 e. The Morgan fingerprint density at radius 1 is 0.541 bits per heavy atom. The molecule has 300 valence electrons. The van der Waals surface area contributed by atoms with E-state index in [9.17, 15) is 0 Å². The van der Waals surface area contributed by atoms with Crippen molar-refractivity contribution in [1.29, 1.82) is 0 Å². The van der Waals surface area contributed by atoms with Gasteiger partial charge in [0, 0.05) is 44.2 Å². The molecule has 0 bridgehead atoms. The Kier molecular flexibility index (Phi) is 7.05. The van der Waals surface area contributed by atoms with Crippen molar-refractivity contribution in [1.82, 2.24) is 4.57 Å². The van der Waals surface area contributed by atoms with Crippen LogP contribution in [0, 0.1) is 0 Å². The highest BCUT2D eigenvalue weighted by atomic mass is 16.3. The molecule has 61 heavy (non-hydrogen) atoms. The Bertz CT molecular complexity index is 3390. The molecule has 12 rings (SSSR count). The molecule has 4 heterocycles. The number of furan rings is 1. The molecule has 2 aliphatic heterocycles. The highest BCUT2D eigenvalue weighted by Gasteiger charge is 2.48. The lowest BCUT2D eigenvalue weighted by Gasteiger charge is -2.43. The van der Waals surface area contributed by atoms with Crippen molar-refractivity contribution in [3.8, 4) is 27.9 Å². The van der Waals surface area contributed by atoms with Crippen molar-refractivity contribution in [2.75, 3.05) is 4.81 Å². The normalized spacial score (nSPS) is 15.2. The first-order chi connectivity index (χ1) is 28.9. The molecule has 4 heteroatoms. The van der Waals surface area contributed by atoms with Gasteiger partial charge in [-0.2, -0.15) is 0 Å². The maximum absolute atomic E-state index is 7.22. The number of hydrogen-bond acceptors (Lipinski definition) is 2. The van der Waals surface area contributed by atoms with Crippen LogP contribution in [-0.2, 0) is 21.7 Å². The summed E-state index contributed by atoms with van der Waals surface area (Å²) in [6.45, 7) is 25.6. The van der Waals surface area contributed by atoms with Gasteiger partial charge in [0.25, 0.3) is 0 Å². The third-order valence-corrected chi connectivity index (χ3v) is 14.6. The van der Waals surface area contributed by atoms with E-state index < -0.39 is 0 Å². The van der Waals surface area contributed by atoms with Gasteiger partial charge in [-0.05, 0) is 120 Å². The van der Waals surface area contributed by atoms with Crippen molar-refractivity contribution < 1.29 is 4.42 Å². The fraction of sp³-hybridized carbons (Fsp3) is 0.263. The predicted octanol–water partition coefficient (Wildman–Crippen LogP) is 14.1. The van der Waals surface area contributed by atoms with Crippen LogP contribution in [0.3, 0.4) is 0 Å². The minimum absolute atomic E-state index is 0.0284. The van der Waals surface area contributed by atoms with E-state index in [1.54, 1.807) is 0 Å². The lowest BCUT2D eigenvalue weighted by molar-refractivity contribution is 0.590. The quantitative estimate of drug-likeness (QED) is 0.154. The molecule has 0 atom stereocenters. The molecular formula is C57H53BN2O. The van der Waals surface area contributed by atoms with Gasteiger partial charge >= 0.3 is 6.85 Å². The summed E-state index contributed by atoms with van der Waals surface area (Å²) in [6.07, 6.45) is 0. The minimum Gasteiger partial charge on any atom is -0.455 e. The highest BCUT2D eigenvalue weighted by molar-refractivity contribution is 6.94. The summed E-state index contributed by atoms with van der Waals surface area (Å²) in [5.41, 5.74) is 22.6. The van der Waals surface area contributed by atoms with E-state index in [1.165, 1.54) is 111 Å². The highest BCUT2D eigenvalue weighted by Crippen LogP contribution is 2.54. The SMILES string of the molecule is CC(C)(C)c1ccc(N2B3c4cc5c(cc4-n4c6ccc(C(C)(C)C)cc6c6c7oc8ccccc8c7c(c3c64)-c3cc(C(C)(C)C)ccc32)C(C)(C)c2ccccc2-5)cc1. The molecule has 1 aliphatic carbocycles. The molecule has 0 saturated carbocycles. The van der Waals surface area contributed by atoms with Gasteiger partial charge in [-0.3, -0.25) is 0 Å². The Balaban J connectivity index is 1.33. The Labute approximate surface area is 360 Å². The molecule has 9 aromatic rings. The van der Waals surface area contributed by atoms with Crippen molar-refractivity contribution >= 4 is 72.9 Å². The number of anilines is 2. The molecule has 3 nitrogen and oxygen atoms in total. The zero-order valence-corrected chi connectivity index (χ0v) is 37.4. The third-order valence-electron chi connectivity index (χ3n) is 14.6. The molecule has 0 unspecified atom stereocenters. The molecule has 7 aromatic carbocycles. The van der Waals surface area contributed by atoms with Crippen molar-refractivity contribution in [2.24, 2.45) is 0 Å². The van der Waals surface area contributed by atoms with Crippen LogP contribution >= 0.6 is 0 Å². The standard InChI is InChI=1S/C57H53BN2O/c1-54(2,3)32-20-24-35(25-21-32)60-45-27-23-34(56(7,8)9)29-40(45)48-49-37-17-13-15-19-47(37)61-53(49)50-39-28-33(55(4,5)6)22-26-44(39)59-46-31-42-38(30-43(46)58(60)51(48)52(50)59)36-16-12-14-18-41(36)57(42,10)11/h12-31H,1-11H3. The number of fused-ring (bicyclic) bond motifs is 16. The summed E-state index contributed by atoms with van der Waals surface area (Å²) in [7, 11) is 0. The fourth-order valence-electron chi connectivity index (χ4n) is 11.3. The topological polar surface area (TPSA) is 21.3 Å². The summed E-state index contributed by atoms with van der Waals surface area (Å²) in [4.78, 5) is 2.68. The van der Waals surface area contributed by atoms with Crippen LogP contribution in [0.4, 0.5) is 11.4 Å². The lowest BCUT2D eigenvalue weighted by Crippen LogP contribution is -2.60. The van der Waals surface area contributed by atoms with Gasteiger partial charge < -0.3 is 13.8 Å². The first kappa shape index (κ1) is 36.8. The molecule has 3 aliphatic rings. The number of nitrogens with zero attached hydrogens (tertiary/aromatic N) is 2. The number of hydrogen-bond donors (Lipinski definition) is 0. The number of aromatic nitrogens is 1. The summed E-state index contributed by atoms with van der Waals surface area (Å²) < 4.78 is 9.85. The summed E-state index contributed by atoms with van der Waals surface area (Å²) in [5.74, 6) is 0. The molecule has 2 aromatic heterocycles. The first-order valence-electron chi connectivity index (χ1n) is 22.2. The van der Waals surface area contributed by atoms with Crippen LogP contribution in [-0.4, -0.2) is 11.4 Å². The largest absolute Gasteiger partial charge is 0.455 e. The van der Waals surface area contributed by atoms with E-state index in [1.807, 2.05) is 0 Å². The van der Waals surface area contributed by atoms with Gasteiger partial charge in [0.2, 0.25) is 0 Å². The van der Waals surface area contributed by atoms with Gasteiger partial charge in [-0.25, -0.2) is 0 Å². The second kappa shape index (κ2) is 11.7. The fourth-order valence-corrected chi connectivity index (χ4v) is 11.3. The number of para-hydroxylation sites is 1. The predicted molar refractivity (Wildman–Crippen MR) is 261 cm³/mol. The van der Waals surface area contributed by atoms with Crippen molar-refractivity contribution in [3.63, 3.8) is 0 Å². The van der Waals surface area contributed by atoms with E-state index in [-0.39, 0.29) is 28.5 Å². The van der Waals surface area contributed by atoms with Gasteiger partial charge in [0.15, 0.2) is 0 Å². The smallest absolute Gasteiger partial charge is 0.333 e. The van der Waals surface area contributed by atoms with Crippen LogP contribution in [0.15, 0.2) is 126 Å². The average molecular weight is 793 g/mol. The molecule has 0 radical (unpaired) electrons. The molecule has 0 amide bonds. The number of rotatable bonds is 1. The van der Waals surface area contributed by atoms with Crippen LogP contribution in [0.25, 0.3) is 71.7 Å². The zero-order valence-electron chi connectivity index (χ0n) is 37.4. The number of benzene rings is 7. The van der Waals surface area contributed by atoms with Crippen LogP contribution in [0.2, 0.25) is 0 Å². The Hall–Kier alpha value is -6.00. The van der Waals surface area contributed by atoms with Crippen LogP contribution in [0.5, 0.6) is 0 Å². The molecule has 0 fully saturated rings. The maximum atomic E-state index is 7.22. The summed E-state index contributed by atoms with van der Waals surface area (Å²) in [5, 5.41) is 4.85. The molecule has 0 N–H and O–H groups in total. The minimum atomic E-state index is -0.151. The van der Waals surface area contributed by atoms with Gasteiger partial charge in [0.05, 0.1) is 16.4 Å². The van der Waals surface area contributed by atoms with E-state index in [2.05, 4.69) is 207 Å². The van der Waals surface area contributed by atoms with Gasteiger partial charge in [0.1, 0.15) is 11.2 Å². The van der Waals surface area contributed by atoms with Crippen molar-refractivity contribution in [2.45, 2.75) is 97.8 Å². The molecular weight excluding hydrogens is 739 g/mol. The Morgan fingerprint density at radius 3 is 1.93 bits per heavy atom. The summed E-state index contributed by atoms with van der Waals surface area (Å²) in [6, 6.07) is 46.9. The van der Waals surface area contributed by atoms with E-state index in [0.29, 0.717) is 0 Å². The summed E-state index contributed by atoms with van der Waals surface area (Å²) >= 11 is 0. The van der Waals surface area contributed by atoms with E-state index in [0.717, 1.165) is 11.2 Å². The van der Waals surface area contributed by atoms with Crippen LogP contribution in [0.1, 0.15) is 104 Å². The van der Waals surface area contributed by atoms with E-state index in [4.69, 9.17) is 4.42 Å². The lowest BCUT2D eigenvalue weighted by atomic mass is 9.43. The zero-order chi connectivity index (χ0) is 42.3. The van der Waals surface area contributed by atoms with E-state index >= 15 is 0 Å². The Morgan fingerprint density at radius 2 is 1.20 bits per heavy atom. The molecule has 0 spiro atoms.